The van der Waals surface area contributed by atoms with Crippen LogP contribution in [-0.2, 0) is 4.74 Å². The molecule has 86 valence electrons. The number of esters is 1. The molecule has 0 fully saturated rings. The Morgan fingerprint density at radius 1 is 1.62 bits per heavy atom. The van der Waals surface area contributed by atoms with Crippen molar-refractivity contribution in [2.75, 3.05) is 6.61 Å². The minimum absolute atomic E-state index is 0.113. The second-order valence-electron chi connectivity index (χ2n) is 2.76. The Morgan fingerprint density at radius 2 is 2.25 bits per heavy atom. The van der Waals surface area contributed by atoms with Crippen LogP contribution in [0.15, 0.2) is 12.1 Å². The van der Waals surface area contributed by atoms with Crippen LogP contribution in [0.5, 0.6) is 0 Å². The fraction of sp³-hybridized carbons (Fsp3) is 0.222. The van der Waals surface area contributed by atoms with Gasteiger partial charge in [0.05, 0.1) is 17.1 Å². The molecule has 0 bridgehead atoms. The predicted molar refractivity (Wildman–Crippen MR) is 66.8 cm³/mol. The van der Waals surface area contributed by atoms with E-state index in [9.17, 15) is 14.9 Å². The fourth-order valence-electron chi connectivity index (χ4n) is 1.07. The second-order valence-corrected chi connectivity index (χ2v) is 4.28. The van der Waals surface area contributed by atoms with Crippen LogP contribution in [0.25, 0.3) is 0 Å². The number of ether oxygens (including phenoxy) is 1. The van der Waals surface area contributed by atoms with Gasteiger partial charge in [-0.15, -0.1) is 0 Å². The zero-order chi connectivity index (χ0) is 12.3. The van der Waals surface area contributed by atoms with Crippen LogP contribution in [0.1, 0.15) is 17.3 Å². The highest BCUT2D eigenvalue weighted by molar-refractivity contribution is 14.1. The summed E-state index contributed by atoms with van der Waals surface area (Å²) in [6.07, 6.45) is 0. The molecule has 0 aliphatic rings. The normalized spacial score (nSPS) is 9.94. The van der Waals surface area contributed by atoms with Crippen LogP contribution >= 0.6 is 34.2 Å². The molecule has 0 unspecified atom stereocenters. The third kappa shape index (κ3) is 2.82. The van der Waals surface area contributed by atoms with Crippen molar-refractivity contribution in [1.29, 1.82) is 0 Å². The van der Waals surface area contributed by atoms with Crippen LogP contribution in [-0.4, -0.2) is 17.5 Å². The SMILES string of the molecule is CCOC(=O)c1cc(Cl)cc([N+](=O)[O-])c1I. The molecule has 1 aromatic rings. The first-order valence-corrected chi connectivity index (χ1v) is 5.73. The van der Waals surface area contributed by atoms with Gasteiger partial charge < -0.3 is 4.74 Å². The molecule has 5 nitrogen and oxygen atoms in total. The molecule has 0 heterocycles. The van der Waals surface area contributed by atoms with Gasteiger partial charge in [-0.2, -0.15) is 0 Å². The van der Waals surface area contributed by atoms with E-state index in [1.165, 1.54) is 12.1 Å². The summed E-state index contributed by atoms with van der Waals surface area (Å²) in [6.45, 7) is 1.86. The monoisotopic (exact) mass is 355 g/mol. The third-order valence-electron chi connectivity index (χ3n) is 1.71. The number of nitro benzene ring substituents is 1. The van der Waals surface area contributed by atoms with E-state index in [1.807, 2.05) is 0 Å². The van der Waals surface area contributed by atoms with Crippen LogP contribution in [0.2, 0.25) is 5.02 Å². The molecule has 0 radical (unpaired) electrons. The lowest BCUT2D eigenvalue weighted by molar-refractivity contribution is -0.385. The Kier molecular flexibility index (Phi) is 4.48. The summed E-state index contributed by atoms with van der Waals surface area (Å²) in [5.74, 6) is -0.613. The second kappa shape index (κ2) is 5.44. The van der Waals surface area contributed by atoms with E-state index in [4.69, 9.17) is 16.3 Å². The maximum atomic E-state index is 11.5. The summed E-state index contributed by atoms with van der Waals surface area (Å²) in [6, 6.07) is 2.56. The minimum atomic E-state index is -0.613. The zero-order valence-corrected chi connectivity index (χ0v) is 11.1. The molecular weight excluding hydrogens is 348 g/mol. The lowest BCUT2D eigenvalue weighted by Crippen LogP contribution is -2.08. The molecular formula is C9H7ClINO4. The van der Waals surface area contributed by atoms with E-state index in [0.29, 0.717) is 0 Å². The van der Waals surface area contributed by atoms with Gasteiger partial charge in [-0.3, -0.25) is 10.1 Å². The summed E-state index contributed by atoms with van der Waals surface area (Å²) in [5, 5.41) is 10.8. The zero-order valence-electron chi connectivity index (χ0n) is 8.20. The van der Waals surface area contributed by atoms with Crippen LogP contribution in [0.4, 0.5) is 5.69 Å². The van der Waals surface area contributed by atoms with Crippen molar-refractivity contribution in [1.82, 2.24) is 0 Å². The molecule has 0 N–H and O–H groups in total. The average Bonchev–Trinajstić information content (AvgIpc) is 2.20. The first kappa shape index (κ1) is 13.2. The van der Waals surface area contributed by atoms with Crippen LogP contribution < -0.4 is 0 Å². The van der Waals surface area contributed by atoms with Crippen molar-refractivity contribution < 1.29 is 14.5 Å². The largest absolute Gasteiger partial charge is 0.462 e. The maximum absolute atomic E-state index is 11.5. The highest BCUT2D eigenvalue weighted by Crippen LogP contribution is 2.29. The van der Waals surface area contributed by atoms with Gasteiger partial charge in [0.25, 0.3) is 5.69 Å². The van der Waals surface area contributed by atoms with E-state index < -0.39 is 10.9 Å². The van der Waals surface area contributed by atoms with Gasteiger partial charge in [0.15, 0.2) is 0 Å². The molecule has 7 heteroatoms. The van der Waals surface area contributed by atoms with Gasteiger partial charge in [0.1, 0.15) is 3.57 Å². The summed E-state index contributed by atoms with van der Waals surface area (Å²) in [5.41, 5.74) is -0.0854. The average molecular weight is 356 g/mol. The van der Waals surface area contributed by atoms with Gasteiger partial charge in [-0.05, 0) is 35.6 Å². The molecule has 16 heavy (non-hydrogen) atoms. The van der Waals surface area contributed by atoms with Crippen molar-refractivity contribution in [3.8, 4) is 0 Å². The molecule has 0 amide bonds. The minimum Gasteiger partial charge on any atom is -0.462 e. The van der Waals surface area contributed by atoms with Gasteiger partial charge in [-0.25, -0.2) is 4.79 Å². The Balaban J connectivity index is 3.29. The van der Waals surface area contributed by atoms with E-state index >= 15 is 0 Å². The van der Waals surface area contributed by atoms with E-state index in [-0.39, 0.29) is 26.5 Å². The van der Waals surface area contributed by atoms with Gasteiger partial charge in [0.2, 0.25) is 0 Å². The Hall–Kier alpha value is -0.890. The van der Waals surface area contributed by atoms with Crippen LogP contribution in [0, 0.1) is 13.7 Å². The highest BCUT2D eigenvalue weighted by atomic mass is 127. The number of benzene rings is 1. The lowest BCUT2D eigenvalue weighted by atomic mass is 10.2. The third-order valence-corrected chi connectivity index (χ3v) is 3.06. The van der Waals surface area contributed by atoms with Gasteiger partial charge in [-0.1, -0.05) is 11.6 Å². The summed E-state index contributed by atoms with van der Waals surface area (Å²) >= 11 is 7.42. The number of nitrogens with zero attached hydrogens (tertiary/aromatic N) is 1. The summed E-state index contributed by atoms with van der Waals surface area (Å²) in [4.78, 5) is 21.6. The molecule has 0 aromatic heterocycles. The number of rotatable bonds is 3. The first-order valence-electron chi connectivity index (χ1n) is 4.28. The number of carbonyl (C=O) groups is 1. The van der Waals surface area contributed by atoms with E-state index in [2.05, 4.69) is 0 Å². The van der Waals surface area contributed by atoms with Crippen molar-refractivity contribution in [2.24, 2.45) is 0 Å². The summed E-state index contributed by atoms with van der Waals surface area (Å²) in [7, 11) is 0. The Labute approximate surface area is 110 Å². The van der Waals surface area contributed by atoms with Crippen molar-refractivity contribution >= 4 is 45.8 Å². The molecule has 0 aliphatic carbocycles. The van der Waals surface area contributed by atoms with Gasteiger partial charge >= 0.3 is 5.97 Å². The standard InChI is InChI=1S/C9H7ClINO4/c1-2-16-9(13)6-3-5(10)4-7(8(6)11)12(14)15/h3-4H,2H2,1H3. The molecule has 0 saturated carbocycles. The predicted octanol–water partition coefficient (Wildman–Crippen LogP) is 3.03. The van der Waals surface area contributed by atoms with E-state index in [0.717, 1.165) is 0 Å². The fourth-order valence-corrected chi connectivity index (χ4v) is 2.01. The molecule has 1 aromatic carbocycles. The summed E-state index contributed by atoms with van der Waals surface area (Å²) < 4.78 is 5.00. The topological polar surface area (TPSA) is 69.4 Å². The quantitative estimate of drug-likeness (QED) is 0.362. The molecule has 0 saturated heterocycles. The molecule has 0 aliphatic heterocycles. The molecule has 0 atom stereocenters. The number of hydrogen-bond acceptors (Lipinski definition) is 4. The maximum Gasteiger partial charge on any atom is 0.339 e. The smallest absolute Gasteiger partial charge is 0.339 e. The van der Waals surface area contributed by atoms with Crippen LogP contribution in [0.3, 0.4) is 0 Å². The lowest BCUT2D eigenvalue weighted by Gasteiger charge is -2.05. The molecule has 1 rings (SSSR count). The highest BCUT2D eigenvalue weighted by Gasteiger charge is 2.21. The number of carbonyl (C=O) groups excluding carboxylic acids is 1. The molecule has 0 spiro atoms. The number of hydrogen-bond donors (Lipinski definition) is 0. The van der Waals surface area contributed by atoms with Crippen molar-refractivity contribution in [2.45, 2.75) is 6.92 Å². The van der Waals surface area contributed by atoms with Gasteiger partial charge in [0, 0.05) is 11.1 Å². The van der Waals surface area contributed by atoms with Crippen molar-refractivity contribution in [3.63, 3.8) is 0 Å². The number of nitro groups is 1. The Morgan fingerprint density at radius 3 is 2.75 bits per heavy atom. The van der Waals surface area contributed by atoms with Crippen molar-refractivity contribution in [3.05, 3.63) is 36.4 Å². The number of halogens is 2. The van der Waals surface area contributed by atoms with E-state index in [1.54, 1.807) is 29.5 Å². The Bertz CT molecular complexity index is 449. The first-order chi connectivity index (χ1) is 7.47.